The third-order valence-corrected chi connectivity index (χ3v) is 4.34. The molecule has 0 amide bonds. The van der Waals surface area contributed by atoms with Gasteiger partial charge >= 0.3 is 0 Å². The largest absolute Gasteiger partial charge is 0.396 e. The molecule has 54 valence electrons. The third kappa shape index (κ3) is 2.83. The molecule has 3 heteroatoms. The number of hydrogen-bond acceptors (Lipinski definition) is 3. The summed E-state index contributed by atoms with van der Waals surface area (Å²) in [5.41, 5.74) is 0. The molecular formula is C6H12OS2. The highest BCUT2D eigenvalue weighted by atomic mass is 32.2. The third-order valence-electron chi connectivity index (χ3n) is 1.26. The fraction of sp³-hybridized carbons (Fsp3) is 1.00. The van der Waals surface area contributed by atoms with Crippen LogP contribution in [0, 0.1) is 0 Å². The molecule has 1 aliphatic heterocycles. The first-order chi connectivity index (χ1) is 4.43. The van der Waals surface area contributed by atoms with E-state index in [0.717, 1.165) is 6.42 Å². The van der Waals surface area contributed by atoms with Gasteiger partial charge in [-0.25, -0.2) is 0 Å². The van der Waals surface area contributed by atoms with Crippen LogP contribution in [0.4, 0.5) is 0 Å². The van der Waals surface area contributed by atoms with Crippen LogP contribution in [0.25, 0.3) is 0 Å². The lowest BCUT2D eigenvalue weighted by Gasteiger charge is -2.19. The van der Waals surface area contributed by atoms with Gasteiger partial charge in [0.2, 0.25) is 0 Å². The van der Waals surface area contributed by atoms with Gasteiger partial charge < -0.3 is 5.11 Å². The second-order valence-corrected chi connectivity index (χ2v) is 4.96. The van der Waals surface area contributed by atoms with E-state index in [2.05, 4.69) is 0 Å². The fourth-order valence-electron chi connectivity index (χ4n) is 0.809. The van der Waals surface area contributed by atoms with Crippen LogP contribution in [0.5, 0.6) is 0 Å². The van der Waals surface area contributed by atoms with E-state index >= 15 is 0 Å². The molecule has 0 bridgehead atoms. The first-order valence-electron chi connectivity index (χ1n) is 3.27. The first kappa shape index (κ1) is 7.76. The SMILES string of the molecule is OCCC1SCCCS1. The van der Waals surface area contributed by atoms with E-state index in [-0.39, 0.29) is 0 Å². The Balaban J connectivity index is 2.08. The average molecular weight is 164 g/mol. The Bertz CT molecular complexity index is 68.7. The minimum atomic E-state index is 0.352. The molecule has 0 saturated carbocycles. The zero-order valence-electron chi connectivity index (χ0n) is 5.38. The Morgan fingerprint density at radius 1 is 1.33 bits per heavy atom. The minimum absolute atomic E-state index is 0.352. The highest BCUT2D eigenvalue weighted by molar-refractivity contribution is 8.17. The van der Waals surface area contributed by atoms with Gasteiger partial charge in [0.25, 0.3) is 0 Å². The van der Waals surface area contributed by atoms with Crippen LogP contribution in [0.3, 0.4) is 0 Å². The molecule has 1 fully saturated rings. The maximum Gasteiger partial charge on any atom is 0.0524 e. The Hall–Kier alpha value is 0.660. The molecule has 0 aromatic rings. The average Bonchev–Trinajstić information content (AvgIpc) is 1.91. The molecule has 1 rings (SSSR count). The molecule has 1 N–H and O–H groups in total. The van der Waals surface area contributed by atoms with E-state index in [1.54, 1.807) is 0 Å². The summed E-state index contributed by atoms with van der Waals surface area (Å²) in [7, 11) is 0. The van der Waals surface area contributed by atoms with Crippen molar-refractivity contribution >= 4 is 23.5 Å². The molecule has 0 atom stereocenters. The van der Waals surface area contributed by atoms with Gasteiger partial charge in [0.15, 0.2) is 0 Å². The molecule has 0 aromatic carbocycles. The van der Waals surface area contributed by atoms with Crippen LogP contribution in [0.15, 0.2) is 0 Å². The number of rotatable bonds is 2. The lowest BCUT2D eigenvalue weighted by Crippen LogP contribution is -2.07. The number of aliphatic hydroxyl groups is 1. The van der Waals surface area contributed by atoms with Gasteiger partial charge in [-0.2, -0.15) is 0 Å². The normalized spacial score (nSPS) is 22.3. The van der Waals surface area contributed by atoms with E-state index in [1.165, 1.54) is 17.9 Å². The van der Waals surface area contributed by atoms with Crippen molar-refractivity contribution < 1.29 is 5.11 Å². The molecule has 9 heavy (non-hydrogen) atoms. The monoisotopic (exact) mass is 164 g/mol. The van der Waals surface area contributed by atoms with Gasteiger partial charge in [-0.15, -0.1) is 23.5 Å². The van der Waals surface area contributed by atoms with Crippen LogP contribution < -0.4 is 0 Å². The van der Waals surface area contributed by atoms with Gasteiger partial charge in [0, 0.05) is 6.61 Å². The molecule has 1 heterocycles. The van der Waals surface area contributed by atoms with Crippen molar-refractivity contribution in [3.63, 3.8) is 0 Å². The predicted octanol–water partition coefficient (Wildman–Crippen LogP) is 1.56. The quantitative estimate of drug-likeness (QED) is 0.669. The van der Waals surface area contributed by atoms with Gasteiger partial charge in [0.05, 0.1) is 4.58 Å². The molecule has 0 aromatic heterocycles. The summed E-state index contributed by atoms with van der Waals surface area (Å²) < 4.78 is 0.684. The van der Waals surface area contributed by atoms with Gasteiger partial charge in [-0.05, 0) is 24.3 Å². The molecule has 0 radical (unpaired) electrons. The molecule has 0 spiro atoms. The van der Waals surface area contributed by atoms with Crippen LogP contribution in [-0.4, -0.2) is 27.8 Å². The van der Waals surface area contributed by atoms with Crippen LogP contribution in [0.2, 0.25) is 0 Å². The summed E-state index contributed by atoms with van der Waals surface area (Å²) in [4.78, 5) is 0. The lowest BCUT2D eigenvalue weighted by atomic mass is 10.5. The minimum Gasteiger partial charge on any atom is -0.396 e. The maximum atomic E-state index is 8.59. The zero-order chi connectivity index (χ0) is 6.53. The predicted molar refractivity (Wildman–Crippen MR) is 45.0 cm³/mol. The number of aliphatic hydroxyl groups excluding tert-OH is 1. The summed E-state index contributed by atoms with van der Waals surface area (Å²) in [6, 6.07) is 0. The highest BCUT2D eigenvalue weighted by Gasteiger charge is 2.12. The summed E-state index contributed by atoms with van der Waals surface area (Å²) in [6.07, 6.45) is 2.31. The first-order valence-corrected chi connectivity index (χ1v) is 5.37. The summed E-state index contributed by atoms with van der Waals surface area (Å²) in [5.74, 6) is 2.58. The van der Waals surface area contributed by atoms with E-state index in [9.17, 15) is 0 Å². The summed E-state index contributed by atoms with van der Waals surface area (Å²) in [5, 5.41) is 8.59. The van der Waals surface area contributed by atoms with Crippen molar-refractivity contribution in [3.05, 3.63) is 0 Å². The van der Waals surface area contributed by atoms with Crippen LogP contribution >= 0.6 is 23.5 Å². The molecule has 0 unspecified atom stereocenters. The molecule has 1 aliphatic rings. The van der Waals surface area contributed by atoms with E-state index < -0.39 is 0 Å². The Labute approximate surface area is 64.6 Å². The lowest BCUT2D eigenvalue weighted by molar-refractivity contribution is 0.294. The molecule has 1 nitrogen and oxygen atoms in total. The smallest absolute Gasteiger partial charge is 0.0524 e. The summed E-state index contributed by atoms with van der Waals surface area (Å²) in [6.45, 7) is 0.352. The van der Waals surface area contributed by atoms with Crippen molar-refractivity contribution in [2.24, 2.45) is 0 Å². The van der Waals surface area contributed by atoms with E-state index in [1.807, 2.05) is 23.5 Å². The molecular weight excluding hydrogens is 152 g/mol. The Morgan fingerprint density at radius 2 is 2.00 bits per heavy atom. The second kappa shape index (κ2) is 4.47. The van der Waals surface area contributed by atoms with Crippen LogP contribution in [0.1, 0.15) is 12.8 Å². The standard InChI is InChI=1S/C6H12OS2/c7-3-2-6-8-4-1-5-9-6/h6-7H,1-5H2. The summed E-state index contributed by atoms with van der Waals surface area (Å²) >= 11 is 3.98. The fourth-order valence-corrected chi connectivity index (χ4v) is 3.65. The number of hydrogen-bond donors (Lipinski definition) is 1. The molecule has 0 aliphatic carbocycles. The maximum absolute atomic E-state index is 8.59. The van der Waals surface area contributed by atoms with Crippen molar-refractivity contribution in [2.75, 3.05) is 18.1 Å². The molecule has 1 saturated heterocycles. The topological polar surface area (TPSA) is 20.2 Å². The zero-order valence-corrected chi connectivity index (χ0v) is 7.01. The Kier molecular flexibility index (Phi) is 3.86. The van der Waals surface area contributed by atoms with Crippen LogP contribution in [-0.2, 0) is 0 Å². The van der Waals surface area contributed by atoms with Gasteiger partial charge in [-0.3, -0.25) is 0 Å². The van der Waals surface area contributed by atoms with Crippen molar-refractivity contribution in [2.45, 2.75) is 17.4 Å². The highest BCUT2D eigenvalue weighted by Crippen LogP contribution is 2.32. The van der Waals surface area contributed by atoms with E-state index in [0.29, 0.717) is 11.2 Å². The van der Waals surface area contributed by atoms with Gasteiger partial charge in [-0.1, -0.05) is 0 Å². The Morgan fingerprint density at radius 3 is 2.56 bits per heavy atom. The van der Waals surface area contributed by atoms with Crippen molar-refractivity contribution in [1.82, 2.24) is 0 Å². The number of thioether (sulfide) groups is 2. The van der Waals surface area contributed by atoms with Crippen molar-refractivity contribution in [1.29, 1.82) is 0 Å². The van der Waals surface area contributed by atoms with Crippen molar-refractivity contribution in [3.8, 4) is 0 Å². The van der Waals surface area contributed by atoms with E-state index in [4.69, 9.17) is 5.11 Å². The van der Waals surface area contributed by atoms with Gasteiger partial charge in [0.1, 0.15) is 0 Å². The second-order valence-electron chi connectivity index (χ2n) is 2.04.